The molecule has 204 valence electrons. The van der Waals surface area contributed by atoms with Gasteiger partial charge < -0.3 is 20.1 Å². The lowest BCUT2D eigenvalue weighted by atomic mass is 10.2. The molecule has 0 saturated carbocycles. The second-order valence-electron chi connectivity index (χ2n) is 9.18. The summed E-state index contributed by atoms with van der Waals surface area (Å²) >= 11 is 14.5. The number of anilines is 1. The van der Waals surface area contributed by atoms with Crippen LogP contribution in [0.5, 0.6) is 0 Å². The fourth-order valence-corrected chi connectivity index (χ4v) is 5.96. The molecule has 4 rings (SSSR count). The van der Waals surface area contributed by atoms with Gasteiger partial charge in [-0.25, -0.2) is 0 Å². The molecule has 1 aliphatic rings. The molecule has 2 heterocycles. The van der Waals surface area contributed by atoms with E-state index >= 15 is 0 Å². The number of thioether (sulfide) groups is 1. The summed E-state index contributed by atoms with van der Waals surface area (Å²) in [6.45, 7) is 9.80. The maximum Gasteiger partial charge on any atom is 0.243 e. The van der Waals surface area contributed by atoms with Crippen molar-refractivity contribution in [2.24, 2.45) is 0 Å². The average molecular weight is 584 g/mol. The number of amides is 2. The maximum atomic E-state index is 11.5. The summed E-state index contributed by atoms with van der Waals surface area (Å²) < 4.78 is 2.29. The molecule has 2 aromatic carbocycles. The van der Waals surface area contributed by atoms with Gasteiger partial charge >= 0.3 is 0 Å². The number of unbranched alkanes of at least 4 members (excludes halogenated alkanes) is 2. The second-order valence-corrected chi connectivity index (χ2v) is 11.1. The summed E-state index contributed by atoms with van der Waals surface area (Å²) in [6.07, 6.45) is 8.31. The molecular formula is C30H32Cl2N4O2S. The predicted molar refractivity (Wildman–Crippen MR) is 164 cm³/mol. The third kappa shape index (κ3) is 7.50. The second kappa shape index (κ2) is 13.8. The number of carbonyl (C=O) groups excluding carboxylic acids is 2. The van der Waals surface area contributed by atoms with Crippen molar-refractivity contribution in [2.75, 3.05) is 24.5 Å². The van der Waals surface area contributed by atoms with Crippen molar-refractivity contribution in [2.45, 2.75) is 37.1 Å². The van der Waals surface area contributed by atoms with Crippen molar-refractivity contribution in [3.05, 3.63) is 88.5 Å². The summed E-state index contributed by atoms with van der Waals surface area (Å²) in [5.41, 5.74) is 3.27. The number of nitrogens with zero attached hydrogens (tertiary/aromatic N) is 2. The van der Waals surface area contributed by atoms with Gasteiger partial charge in [0.15, 0.2) is 0 Å². The van der Waals surface area contributed by atoms with Crippen molar-refractivity contribution in [3.63, 3.8) is 0 Å². The van der Waals surface area contributed by atoms with Crippen molar-refractivity contribution >= 4 is 69.4 Å². The number of hydrogen-bond acceptors (Lipinski definition) is 4. The van der Waals surface area contributed by atoms with Crippen molar-refractivity contribution in [3.8, 4) is 0 Å². The molecule has 1 aliphatic heterocycles. The van der Waals surface area contributed by atoms with Gasteiger partial charge in [-0.1, -0.05) is 54.2 Å². The van der Waals surface area contributed by atoms with Gasteiger partial charge in [-0.15, -0.1) is 0 Å². The van der Waals surface area contributed by atoms with Crippen LogP contribution < -0.4 is 15.5 Å². The Morgan fingerprint density at radius 3 is 2.18 bits per heavy atom. The Balaban J connectivity index is 1.57. The highest BCUT2D eigenvalue weighted by molar-refractivity contribution is 8.03. The van der Waals surface area contributed by atoms with E-state index in [4.69, 9.17) is 23.2 Å². The minimum Gasteiger partial charge on any atom is -0.353 e. The lowest BCUT2D eigenvalue weighted by Gasteiger charge is -2.21. The smallest absolute Gasteiger partial charge is 0.243 e. The Morgan fingerprint density at radius 1 is 0.846 bits per heavy atom. The van der Waals surface area contributed by atoms with Gasteiger partial charge in [-0.05, 0) is 80.3 Å². The van der Waals surface area contributed by atoms with Gasteiger partial charge in [0.05, 0.1) is 10.7 Å². The van der Waals surface area contributed by atoms with Gasteiger partial charge in [0, 0.05) is 57.7 Å². The number of aryl methyl sites for hydroxylation is 1. The zero-order chi connectivity index (χ0) is 27.8. The van der Waals surface area contributed by atoms with Gasteiger partial charge in [0.2, 0.25) is 11.8 Å². The number of halogens is 2. The van der Waals surface area contributed by atoms with Gasteiger partial charge in [-0.3, -0.25) is 9.59 Å². The molecule has 0 spiro atoms. The predicted octanol–water partition coefficient (Wildman–Crippen LogP) is 7.02. The van der Waals surface area contributed by atoms with E-state index in [1.165, 1.54) is 12.2 Å². The molecule has 0 bridgehead atoms. The third-order valence-electron chi connectivity index (χ3n) is 6.45. The highest BCUT2D eigenvalue weighted by atomic mass is 35.5. The first-order chi connectivity index (χ1) is 18.9. The van der Waals surface area contributed by atoms with E-state index in [0.717, 1.165) is 71.0 Å². The molecular weight excluding hydrogens is 551 g/mol. The molecule has 3 aromatic rings. The molecule has 0 atom stereocenters. The number of hydrogen-bond donors (Lipinski definition) is 2. The number of aromatic nitrogens is 1. The molecule has 0 fully saturated rings. The van der Waals surface area contributed by atoms with Crippen LogP contribution >= 0.6 is 35.0 Å². The van der Waals surface area contributed by atoms with Crippen LogP contribution in [0, 0.1) is 0 Å². The first-order valence-corrected chi connectivity index (χ1v) is 14.5. The van der Waals surface area contributed by atoms with Crippen LogP contribution in [0.3, 0.4) is 0 Å². The summed E-state index contributed by atoms with van der Waals surface area (Å²) in [7, 11) is 0. The molecule has 6 nitrogen and oxygen atoms in total. The molecule has 0 aliphatic carbocycles. The maximum absolute atomic E-state index is 11.5. The first-order valence-electron chi connectivity index (χ1n) is 13.0. The first kappa shape index (κ1) is 28.9. The molecule has 0 saturated heterocycles. The van der Waals surface area contributed by atoms with E-state index < -0.39 is 0 Å². The van der Waals surface area contributed by atoms with E-state index in [1.807, 2.05) is 30.3 Å². The van der Waals surface area contributed by atoms with Crippen LogP contribution in [0.1, 0.15) is 31.4 Å². The summed E-state index contributed by atoms with van der Waals surface area (Å²) in [4.78, 5) is 26.4. The molecule has 1 aromatic heterocycles. The Bertz CT molecular complexity index is 1420. The largest absolute Gasteiger partial charge is 0.353 e. The SMILES string of the molecule is C=CC(=O)NCCCCN1C(=Cc2cc3ccc(Cl)cc3n2CCCCNC(=O)C=C)Sc2ccc(Cl)cc21. The number of fused-ring (bicyclic) bond motifs is 2. The molecule has 2 N–H and O–H groups in total. The fraction of sp³-hybridized carbons (Fsp3) is 0.267. The quantitative estimate of drug-likeness (QED) is 0.168. The monoisotopic (exact) mass is 582 g/mol. The molecule has 0 radical (unpaired) electrons. The average Bonchev–Trinajstić information content (AvgIpc) is 3.44. The van der Waals surface area contributed by atoms with Crippen molar-refractivity contribution in [1.82, 2.24) is 15.2 Å². The molecule has 2 amide bonds. The van der Waals surface area contributed by atoms with Crippen LogP contribution in [-0.4, -0.2) is 36.0 Å². The van der Waals surface area contributed by atoms with Crippen LogP contribution in [0.15, 0.2) is 77.7 Å². The van der Waals surface area contributed by atoms with E-state index in [2.05, 4.69) is 51.5 Å². The number of benzene rings is 2. The Kier molecular flexibility index (Phi) is 10.2. The molecule has 0 unspecified atom stereocenters. The number of carbonyl (C=O) groups is 2. The normalized spacial score (nSPS) is 13.5. The van der Waals surface area contributed by atoms with E-state index in [1.54, 1.807) is 11.8 Å². The minimum absolute atomic E-state index is 0.152. The molecule has 9 heteroatoms. The van der Waals surface area contributed by atoms with Gasteiger partial charge in [-0.2, -0.15) is 0 Å². The lowest BCUT2D eigenvalue weighted by molar-refractivity contribution is -0.117. The minimum atomic E-state index is -0.153. The van der Waals surface area contributed by atoms with Crippen LogP contribution in [-0.2, 0) is 16.1 Å². The van der Waals surface area contributed by atoms with Crippen LogP contribution in [0.4, 0.5) is 5.69 Å². The van der Waals surface area contributed by atoms with Gasteiger partial charge in [0.1, 0.15) is 0 Å². The zero-order valence-electron chi connectivity index (χ0n) is 21.7. The lowest BCUT2D eigenvalue weighted by Crippen LogP contribution is -2.24. The zero-order valence-corrected chi connectivity index (χ0v) is 24.0. The van der Waals surface area contributed by atoms with E-state index in [-0.39, 0.29) is 11.8 Å². The summed E-state index contributed by atoms with van der Waals surface area (Å²) in [6, 6.07) is 14.2. The summed E-state index contributed by atoms with van der Waals surface area (Å²) in [5.74, 6) is -0.305. The fourth-order valence-electron chi connectivity index (χ4n) is 4.51. The highest BCUT2D eigenvalue weighted by Crippen LogP contribution is 2.48. The van der Waals surface area contributed by atoms with E-state index in [0.29, 0.717) is 23.1 Å². The molecule has 39 heavy (non-hydrogen) atoms. The number of nitrogens with one attached hydrogen (secondary N) is 2. The van der Waals surface area contributed by atoms with Crippen LogP contribution in [0.25, 0.3) is 17.0 Å². The van der Waals surface area contributed by atoms with Gasteiger partial charge in [0.25, 0.3) is 0 Å². The van der Waals surface area contributed by atoms with Crippen molar-refractivity contribution < 1.29 is 9.59 Å². The van der Waals surface area contributed by atoms with Crippen LogP contribution in [0.2, 0.25) is 10.0 Å². The number of rotatable bonds is 13. The highest BCUT2D eigenvalue weighted by Gasteiger charge is 2.25. The Morgan fingerprint density at radius 2 is 1.49 bits per heavy atom. The third-order valence-corrected chi connectivity index (χ3v) is 8.03. The van der Waals surface area contributed by atoms with Crippen molar-refractivity contribution in [1.29, 1.82) is 0 Å². The topological polar surface area (TPSA) is 66.4 Å². The Hall–Kier alpha value is -3.13. The van der Waals surface area contributed by atoms with E-state index in [9.17, 15) is 9.59 Å². The standard InChI is InChI=1S/C30H32Cl2N4O2S/c1-3-28(37)33-13-5-7-15-35-24(17-21-9-10-22(31)18-25(21)35)20-30-36(16-8-6-14-34-29(38)4-2)26-19-23(32)11-12-27(26)39-30/h3-4,9-12,17-20H,1-2,5-8,13-16H2,(H,33,37)(H,34,38). The Labute approximate surface area is 243 Å². The summed E-state index contributed by atoms with van der Waals surface area (Å²) in [5, 5.41) is 9.33.